The molecule has 0 spiro atoms. The monoisotopic (exact) mass is 285 g/mol. The molecule has 0 amide bonds. The second-order valence-electron chi connectivity index (χ2n) is 4.36. The molecule has 2 rings (SSSR count). The molecule has 3 N–H and O–H groups in total. The van der Waals surface area contributed by atoms with E-state index >= 15 is 0 Å². The van der Waals surface area contributed by atoms with Gasteiger partial charge in [0.05, 0.1) is 0 Å². The van der Waals surface area contributed by atoms with Gasteiger partial charge in [0, 0.05) is 13.6 Å². The first kappa shape index (κ1) is 11.6. The molecule has 88 valence electrons. The third-order valence-corrected chi connectivity index (χ3v) is 3.78. The van der Waals surface area contributed by atoms with Gasteiger partial charge in [0.15, 0.2) is 5.82 Å². The zero-order chi connectivity index (χ0) is 11.7. The standard InChI is InChI=1S/C10H16BrN5/c1-6-3-7(6)4-16(2)10-8(11)9(15-12)13-5-14-10/h5-7H,3-4,12H2,1-2H3,(H,13,14,15). The van der Waals surface area contributed by atoms with Crippen LogP contribution in [0.25, 0.3) is 0 Å². The molecule has 2 unspecified atom stereocenters. The molecule has 1 aromatic rings. The number of rotatable bonds is 4. The van der Waals surface area contributed by atoms with Crippen LogP contribution in [0, 0.1) is 11.8 Å². The lowest BCUT2D eigenvalue weighted by atomic mass is 10.3. The number of anilines is 2. The summed E-state index contributed by atoms with van der Waals surface area (Å²) in [6.45, 7) is 3.31. The van der Waals surface area contributed by atoms with Gasteiger partial charge < -0.3 is 10.3 Å². The minimum absolute atomic E-state index is 0.612. The normalized spacial score (nSPS) is 23.0. The third-order valence-electron chi connectivity index (χ3n) is 3.05. The predicted molar refractivity (Wildman–Crippen MR) is 68.1 cm³/mol. The average Bonchev–Trinajstić information content (AvgIpc) is 2.94. The van der Waals surface area contributed by atoms with Crippen LogP contribution in [0.1, 0.15) is 13.3 Å². The molecule has 1 aliphatic rings. The minimum atomic E-state index is 0.612. The molecule has 1 saturated carbocycles. The Labute approximate surface area is 104 Å². The van der Waals surface area contributed by atoms with E-state index in [1.807, 2.05) is 7.05 Å². The molecule has 5 nitrogen and oxygen atoms in total. The maximum atomic E-state index is 5.37. The largest absolute Gasteiger partial charge is 0.358 e. The summed E-state index contributed by atoms with van der Waals surface area (Å²) in [5.74, 6) is 8.49. The van der Waals surface area contributed by atoms with Crippen LogP contribution in [-0.4, -0.2) is 23.6 Å². The summed E-state index contributed by atoms with van der Waals surface area (Å²) in [5, 5.41) is 0. The van der Waals surface area contributed by atoms with Gasteiger partial charge in [0.1, 0.15) is 16.6 Å². The number of nitrogens with two attached hydrogens (primary N) is 1. The number of nitrogens with zero attached hydrogens (tertiary/aromatic N) is 3. The van der Waals surface area contributed by atoms with Gasteiger partial charge in [-0.25, -0.2) is 15.8 Å². The highest BCUT2D eigenvalue weighted by atomic mass is 79.9. The fraction of sp³-hybridized carbons (Fsp3) is 0.600. The number of aromatic nitrogens is 2. The summed E-state index contributed by atoms with van der Waals surface area (Å²) in [6.07, 6.45) is 2.83. The lowest BCUT2D eigenvalue weighted by Crippen LogP contribution is -2.23. The van der Waals surface area contributed by atoms with Crippen molar-refractivity contribution in [3.8, 4) is 0 Å². The summed E-state index contributed by atoms with van der Waals surface area (Å²) in [4.78, 5) is 10.4. The molecule has 0 aliphatic heterocycles. The van der Waals surface area contributed by atoms with Crippen LogP contribution in [0.4, 0.5) is 11.6 Å². The lowest BCUT2D eigenvalue weighted by Gasteiger charge is -2.20. The van der Waals surface area contributed by atoms with Gasteiger partial charge in [-0.1, -0.05) is 6.92 Å². The van der Waals surface area contributed by atoms with E-state index in [9.17, 15) is 0 Å². The Bertz CT molecular complexity index is 383. The quantitative estimate of drug-likeness (QED) is 0.650. The van der Waals surface area contributed by atoms with Gasteiger partial charge in [-0.2, -0.15) is 0 Å². The van der Waals surface area contributed by atoms with Crippen molar-refractivity contribution in [1.82, 2.24) is 9.97 Å². The van der Waals surface area contributed by atoms with Gasteiger partial charge >= 0.3 is 0 Å². The predicted octanol–water partition coefficient (Wildman–Crippen LogP) is 1.62. The van der Waals surface area contributed by atoms with Crippen LogP contribution in [0.15, 0.2) is 10.8 Å². The molecule has 0 saturated heterocycles. The molecule has 0 bridgehead atoms. The smallest absolute Gasteiger partial charge is 0.159 e. The van der Waals surface area contributed by atoms with Gasteiger partial charge in [0.25, 0.3) is 0 Å². The van der Waals surface area contributed by atoms with Crippen molar-refractivity contribution in [2.75, 3.05) is 23.9 Å². The Morgan fingerprint density at radius 3 is 2.88 bits per heavy atom. The minimum Gasteiger partial charge on any atom is -0.358 e. The van der Waals surface area contributed by atoms with Crippen LogP contribution in [-0.2, 0) is 0 Å². The van der Waals surface area contributed by atoms with Crippen molar-refractivity contribution in [1.29, 1.82) is 0 Å². The molecule has 0 aromatic carbocycles. The van der Waals surface area contributed by atoms with E-state index < -0.39 is 0 Å². The second kappa shape index (κ2) is 4.55. The van der Waals surface area contributed by atoms with Gasteiger partial charge in [0.2, 0.25) is 0 Å². The summed E-state index contributed by atoms with van der Waals surface area (Å²) in [6, 6.07) is 0. The van der Waals surface area contributed by atoms with E-state index in [1.54, 1.807) is 0 Å². The molecule has 1 aliphatic carbocycles. The molecule has 6 heteroatoms. The molecular formula is C10H16BrN5. The molecule has 2 atom stereocenters. The third kappa shape index (κ3) is 2.27. The van der Waals surface area contributed by atoms with Gasteiger partial charge in [-0.05, 0) is 34.2 Å². The Hall–Kier alpha value is -0.880. The molecular weight excluding hydrogens is 270 g/mol. The lowest BCUT2D eigenvalue weighted by molar-refractivity contribution is 0.717. The molecule has 0 radical (unpaired) electrons. The zero-order valence-electron chi connectivity index (χ0n) is 9.44. The summed E-state index contributed by atoms with van der Waals surface area (Å²) >= 11 is 3.46. The molecule has 16 heavy (non-hydrogen) atoms. The Morgan fingerprint density at radius 2 is 2.31 bits per heavy atom. The first-order chi connectivity index (χ1) is 7.63. The topological polar surface area (TPSA) is 67.1 Å². The number of hydrogen-bond donors (Lipinski definition) is 2. The fourth-order valence-electron chi connectivity index (χ4n) is 1.82. The zero-order valence-corrected chi connectivity index (χ0v) is 11.0. The maximum absolute atomic E-state index is 5.37. The second-order valence-corrected chi connectivity index (χ2v) is 5.15. The van der Waals surface area contributed by atoms with Gasteiger partial charge in [-0.3, -0.25) is 0 Å². The first-order valence-corrected chi connectivity index (χ1v) is 6.11. The summed E-state index contributed by atoms with van der Waals surface area (Å²) in [5.41, 5.74) is 2.54. The van der Waals surface area contributed by atoms with Crippen LogP contribution in [0.5, 0.6) is 0 Å². The van der Waals surface area contributed by atoms with Crippen LogP contribution in [0.3, 0.4) is 0 Å². The molecule has 1 heterocycles. The van der Waals surface area contributed by atoms with E-state index in [1.165, 1.54) is 12.7 Å². The van der Waals surface area contributed by atoms with Crippen LogP contribution >= 0.6 is 15.9 Å². The van der Waals surface area contributed by atoms with Crippen LogP contribution < -0.4 is 16.2 Å². The number of hydrogen-bond acceptors (Lipinski definition) is 5. The van der Waals surface area contributed by atoms with Crippen molar-refractivity contribution in [2.45, 2.75) is 13.3 Å². The van der Waals surface area contributed by atoms with E-state index in [2.05, 4.69) is 43.1 Å². The van der Waals surface area contributed by atoms with Crippen molar-refractivity contribution in [2.24, 2.45) is 17.7 Å². The molecule has 1 fully saturated rings. The van der Waals surface area contributed by atoms with E-state index in [0.717, 1.165) is 28.7 Å². The van der Waals surface area contributed by atoms with Gasteiger partial charge in [-0.15, -0.1) is 0 Å². The Balaban J connectivity index is 2.12. The summed E-state index contributed by atoms with van der Waals surface area (Å²) < 4.78 is 0.813. The van der Waals surface area contributed by atoms with Crippen molar-refractivity contribution >= 4 is 27.6 Å². The number of hydrazine groups is 1. The average molecular weight is 286 g/mol. The highest BCUT2D eigenvalue weighted by Crippen LogP contribution is 2.39. The summed E-state index contributed by atoms with van der Waals surface area (Å²) in [7, 11) is 2.04. The van der Waals surface area contributed by atoms with Crippen molar-refractivity contribution in [3.05, 3.63) is 10.8 Å². The fourth-order valence-corrected chi connectivity index (χ4v) is 2.44. The first-order valence-electron chi connectivity index (χ1n) is 5.31. The van der Waals surface area contributed by atoms with E-state index in [0.29, 0.717) is 5.82 Å². The SMILES string of the molecule is CC1CC1CN(C)c1ncnc(NN)c1Br. The number of halogens is 1. The maximum Gasteiger partial charge on any atom is 0.159 e. The number of nitrogen functional groups attached to an aromatic ring is 1. The highest BCUT2D eigenvalue weighted by Gasteiger charge is 2.33. The Morgan fingerprint density at radius 1 is 1.62 bits per heavy atom. The molecule has 1 aromatic heterocycles. The Kier molecular flexibility index (Phi) is 3.30. The van der Waals surface area contributed by atoms with E-state index in [-0.39, 0.29) is 0 Å². The van der Waals surface area contributed by atoms with E-state index in [4.69, 9.17) is 5.84 Å². The number of nitrogens with one attached hydrogen (secondary N) is 1. The highest BCUT2D eigenvalue weighted by molar-refractivity contribution is 9.10. The van der Waals surface area contributed by atoms with Crippen molar-refractivity contribution in [3.63, 3.8) is 0 Å². The van der Waals surface area contributed by atoms with Crippen molar-refractivity contribution < 1.29 is 0 Å². The van der Waals surface area contributed by atoms with Crippen LogP contribution in [0.2, 0.25) is 0 Å².